The average molecular weight is 390 g/mol. The number of rotatable bonds is 5. The minimum atomic E-state index is -0.0605. The maximum absolute atomic E-state index is 12.9. The maximum Gasteiger partial charge on any atom is 0.255 e. The van der Waals surface area contributed by atoms with Crippen LogP contribution in [0.1, 0.15) is 55.7 Å². The number of carbonyl (C=O) groups is 1. The van der Waals surface area contributed by atoms with Gasteiger partial charge in [-0.2, -0.15) is 0 Å². The highest BCUT2D eigenvalue weighted by Crippen LogP contribution is 2.32. The fourth-order valence-corrected chi connectivity index (χ4v) is 4.52. The number of hydrogen-bond acceptors (Lipinski definition) is 2. The van der Waals surface area contributed by atoms with Gasteiger partial charge in [-0.3, -0.25) is 4.79 Å². The first-order valence-electron chi connectivity index (χ1n) is 10.8. The van der Waals surface area contributed by atoms with Crippen LogP contribution in [0.2, 0.25) is 0 Å². The van der Waals surface area contributed by atoms with E-state index in [2.05, 4.69) is 55.0 Å². The lowest BCUT2D eigenvalue weighted by molar-refractivity contribution is 0.102. The van der Waals surface area contributed by atoms with Gasteiger partial charge in [-0.25, -0.2) is 0 Å². The average Bonchev–Trinajstić information content (AvgIpc) is 3.06. The molecule has 4 heteroatoms. The number of benzene rings is 2. The molecule has 1 aliphatic rings. The van der Waals surface area contributed by atoms with Gasteiger partial charge in [-0.05, 0) is 94.0 Å². The van der Waals surface area contributed by atoms with Gasteiger partial charge in [0.25, 0.3) is 5.91 Å². The number of H-pyrrole nitrogens is 1. The summed E-state index contributed by atoms with van der Waals surface area (Å²) in [6, 6.07) is 14.6. The molecule has 0 saturated carbocycles. The molecule has 0 fully saturated rings. The van der Waals surface area contributed by atoms with Gasteiger partial charge < -0.3 is 15.2 Å². The number of anilines is 2. The fraction of sp³-hybridized carbons (Fsp3) is 0.400. The number of fused-ring (bicyclic) bond motifs is 3. The molecule has 4 rings (SSSR count). The highest BCUT2D eigenvalue weighted by molar-refractivity contribution is 6.06. The van der Waals surface area contributed by atoms with Crippen LogP contribution in [0.5, 0.6) is 0 Å². The number of hydrogen-bond donors (Lipinski definition) is 2. The number of carbonyl (C=O) groups excluding carboxylic acids is 1. The van der Waals surface area contributed by atoms with Crippen LogP contribution in [0.25, 0.3) is 10.9 Å². The minimum Gasteiger partial charge on any atom is -0.369 e. The number of nitrogens with one attached hydrogen (secondary N) is 2. The van der Waals surface area contributed by atoms with Crippen molar-refractivity contribution in [3.8, 4) is 0 Å². The largest absolute Gasteiger partial charge is 0.369 e. The molecule has 3 aromatic rings. The molecule has 152 valence electrons. The predicted molar refractivity (Wildman–Crippen MR) is 122 cm³/mol. The Bertz CT molecular complexity index is 1020. The molecule has 1 aromatic heterocycles. The molecule has 0 unspecified atom stereocenters. The van der Waals surface area contributed by atoms with Crippen LogP contribution in [0, 0.1) is 5.92 Å². The molecule has 1 amide bonds. The van der Waals surface area contributed by atoms with Gasteiger partial charge >= 0.3 is 0 Å². The van der Waals surface area contributed by atoms with Crippen LogP contribution in [0.3, 0.4) is 0 Å². The Labute approximate surface area is 173 Å². The zero-order valence-corrected chi connectivity index (χ0v) is 17.9. The summed E-state index contributed by atoms with van der Waals surface area (Å²) in [5, 5.41) is 4.25. The van der Waals surface area contributed by atoms with Crippen molar-refractivity contribution in [2.45, 2.75) is 53.0 Å². The van der Waals surface area contributed by atoms with E-state index in [0.717, 1.165) is 30.6 Å². The molecular weight excluding hydrogens is 358 g/mol. The van der Waals surface area contributed by atoms with Gasteiger partial charge in [-0.15, -0.1) is 0 Å². The Hall–Kier alpha value is -2.75. The van der Waals surface area contributed by atoms with Crippen molar-refractivity contribution in [1.82, 2.24) is 4.98 Å². The zero-order valence-electron chi connectivity index (χ0n) is 17.9. The second-order valence-electron chi connectivity index (χ2n) is 8.57. The Morgan fingerprint density at radius 2 is 1.97 bits per heavy atom. The summed E-state index contributed by atoms with van der Waals surface area (Å²) in [6.07, 6.45) is 3.42. The van der Waals surface area contributed by atoms with Gasteiger partial charge in [0.1, 0.15) is 0 Å². The normalized spacial score (nSPS) is 16.1. The Kier molecular flexibility index (Phi) is 5.35. The summed E-state index contributed by atoms with van der Waals surface area (Å²) in [4.78, 5) is 18.7. The summed E-state index contributed by atoms with van der Waals surface area (Å²) in [5.74, 6) is 0.640. The predicted octanol–water partition coefficient (Wildman–Crippen LogP) is 5.78. The molecule has 0 bridgehead atoms. The number of amides is 1. The lowest BCUT2D eigenvalue weighted by Gasteiger charge is -2.27. The lowest BCUT2D eigenvalue weighted by Crippen LogP contribution is -2.30. The van der Waals surface area contributed by atoms with Crippen LogP contribution in [0.15, 0.2) is 42.5 Å². The second-order valence-corrected chi connectivity index (χ2v) is 8.57. The molecule has 29 heavy (non-hydrogen) atoms. The van der Waals surface area contributed by atoms with E-state index in [-0.39, 0.29) is 5.91 Å². The van der Waals surface area contributed by atoms with Gasteiger partial charge in [-0.1, -0.05) is 6.92 Å². The van der Waals surface area contributed by atoms with Crippen molar-refractivity contribution < 1.29 is 4.79 Å². The number of aromatic amines is 1. The fourth-order valence-electron chi connectivity index (χ4n) is 4.52. The number of aromatic nitrogens is 1. The number of nitrogens with zero attached hydrogens (tertiary/aromatic N) is 1. The molecule has 0 aliphatic heterocycles. The highest BCUT2D eigenvalue weighted by Gasteiger charge is 2.20. The van der Waals surface area contributed by atoms with Gasteiger partial charge in [0.05, 0.1) is 0 Å². The van der Waals surface area contributed by atoms with Crippen LogP contribution in [-0.2, 0) is 12.8 Å². The molecule has 1 atom stereocenters. The molecule has 2 N–H and O–H groups in total. The van der Waals surface area contributed by atoms with E-state index in [1.54, 1.807) is 0 Å². The van der Waals surface area contributed by atoms with E-state index in [1.807, 2.05) is 30.3 Å². The van der Waals surface area contributed by atoms with Crippen molar-refractivity contribution in [1.29, 1.82) is 0 Å². The summed E-state index contributed by atoms with van der Waals surface area (Å²) in [5.41, 5.74) is 6.58. The van der Waals surface area contributed by atoms with Crippen LogP contribution in [0.4, 0.5) is 11.4 Å². The first-order chi connectivity index (χ1) is 14.0. The van der Waals surface area contributed by atoms with E-state index >= 15 is 0 Å². The molecule has 1 aliphatic carbocycles. The van der Waals surface area contributed by atoms with Crippen molar-refractivity contribution in [2.75, 3.05) is 16.8 Å². The summed E-state index contributed by atoms with van der Waals surface area (Å²) < 4.78 is 0. The number of aryl methyl sites for hydroxylation is 1. The summed E-state index contributed by atoms with van der Waals surface area (Å²) in [7, 11) is 0. The molecule has 0 saturated heterocycles. The van der Waals surface area contributed by atoms with Gasteiger partial charge in [0.15, 0.2) is 0 Å². The van der Waals surface area contributed by atoms with E-state index in [9.17, 15) is 4.79 Å². The molecule has 0 spiro atoms. The van der Waals surface area contributed by atoms with Crippen molar-refractivity contribution in [2.24, 2.45) is 5.92 Å². The summed E-state index contributed by atoms with van der Waals surface area (Å²) in [6.45, 7) is 9.81. The second kappa shape index (κ2) is 7.94. The highest BCUT2D eigenvalue weighted by atomic mass is 16.1. The third kappa shape index (κ3) is 3.89. The van der Waals surface area contributed by atoms with Crippen LogP contribution < -0.4 is 10.2 Å². The van der Waals surface area contributed by atoms with E-state index in [1.165, 1.54) is 28.8 Å². The van der Waals surface area contributed by atoms with E-state index in [4.69, 9.17) is 0 Å². The smallest absolute Gasteiger partial charge is 0.255 e. The first kappa shape index (κ1) is 19.6. The maximum atomic E-state index is 12.9. The Balaban J connectivity index is 1.54. The molecule has 4 nitrogen and oxygen atoms in total. The monoisotopic (exact) mass is 389 g/mol. The molecular formula is C25H31N3O. The molecule has 0 radical (unpaired) electrons. The third-order valence-corrected chi connectivity index (χ3v) is 6.12. The summed E-state index contributed by atoms with van der Waals surface area (Å²) >= 11 is 0. The topological polar surface area (TPSA) is 48.1 Å². The molecule has 2 aromatic carbocycles. The SMILES string of the molecule is CCN(c1ccc(NC(=O)c2ccc3[nH]c4c(c3c2)C[C@H](C)CC4)cc1)C(C)C. The molecule has 1 heterocycles. The van der Waals surface area contributed by atoms with Crippen molar-refractivity contribution in [3.63, 3.8) is 0 Å². The van der Waals surface area contributed by atoms with Crippen LogP contribution in [-0.4, -0.2) is 23.5 Å². The minimum absolute atomic E-state index is 0.0605. The third-order valence-electron chi connectivity index (χ3n) is 6.12. The van der Waals surface area contributed by atoms with Gasteiger partial charge in [0.2, 0.25) is 0 Å². The Morgan fingerprint density at radius 1 is 1.21 bits per heavy atom. The van der Waals surface area contributed by atoms with Gasteiger partial charge in [0, 0.05) is 46.1 Å². The van der Waals surface area contributed by atoms with E-state index in [0.29, 0.717) is 17.5 Å². The van der Waals surface area contributed by atoms with E-state index < -0.39 is 0 Å². The van der Waals surface area contributed by atoms with Crippen molar-refractivity contribution in [3.05, 3.63) is 59.3 Å². The van der Waals surface area contributed by atoms with Crippen LogP contribution >= 0.6 is 0 Å². The standard InChI is InChI=1S/C25H31N3O/c1-5-28(16(2)3)20-10-8-19(9-11-20)26-25(29)18-7-13-24-22(15-18)21-14-17(4)6-12-23(21)27-24/h7-11,13,15-17,27H,5-6,12,14H2,1-4H3,(H,26,29)/t17-/m1/s1. The first-order valence-corrected chi connectivity index (χ1v) is 10.8. The van der Waals surface area contributed by atoms with Crippen molar-refractivity contribution >= 4 is 28.2 Å². The quantitative estimate of drug-likeness (QED) is 0.581. The zero-order chi connectivity index (χ0) is 20.5. The lowest BCUT2D eigenvalue weighted by atomic mass is 9.87. The Morgan fingerprint density at radius 3 is 2.66 bits per heavy atom.